The van der Waals surface area contributed by atoms with Gasteiger partial charge in [0.15, 0.2) is 0 Å². The summed E-state index contributed by atoms with van der Waals surface area (Å²) in [5, 5.41) is 0.775. The third-order valence-electron chi connectivity index (χ3n) is 2.44. The number of benzene rings is 1. The minimum Gasteiger partial charge on any atom is -0.368 e. The molecule has 1 aromatic heterocycles. The van der Waals surface area contributed by atoms with Crippen molar-refractivity contribution in [3.63, 3.8) is 0 Å². The van der Waals surface area contributed by atoms with Crippen LogP contribution in [0.1, 0.15) is 12.5 Å². The predicted molar refractivity (Wildman–Crippen MR) is 66.3 cm³/mol. The zero-order chi connectivity index (χ0) is 11.5. The van der Waals surface area contributed by atoms with Crippen LogP contribution < -0.4 is 5.73 Å². The van der Waals surface area contributed by atoms with Crippen molar-refractivity contribution >= 4 is 17.5 Å². The number of hydrogen-bond acceptors (Lipinski definition) is 3. The highest BCUT2D eigenvalue weighted by atomic mass is 35.5. The van der Waals surface area contributed by atoms with Gasteiger partial charge >= 0.3 is 0 Å². The summed E-state index contributed by atoms with van der Waals surface area (Å²) in [6, 6.07) is 5.96. The van der Waals surface area contributed by atoms with Gasteiger partial charge in [-0.3, -0.25) is 0 Å². The number of nitrogens with zero attached hydrogens (tertiary/aromatic N) is 2. The van der Waals surface area contributed by atoms with Crippen molar-refractivity contribution in [2.45, 2.75) is 13.3 Å². The summed E-state index contributed by atoms with van der Waals surface area (Å²) in [5.74, 6) is 0.278. The Bertz CT molecular complexity index is 494. The van der Waals surface area contributed by atoms with Crippen LogP contribution in [0.5, 0.6) is 0 Å². The highest BCUT2D eigenvalue weighted by molar-refractivity contribution is 6.31. The molecule has 1 heterocycles. The lowest BCUT2D eigenvalue weighted by molar-refractivity contribution is 1.14. The summed E-state index contributed by atoms with van der Waals surface area (Å²) in [7, 11) is 0. The molecule has 0 amide bonds. The van der Waals surface area contributed by atoms with E-state index in [2.05, 4.69) is 16.9 Å². The van der Waals surface area contributed by atoms with Crippen molar-refractivity contribution < 1.29 is 0 Å². The number of hydrogen-bond donors (Lipinski definition) is 1. The van der Waals surface area contributed by atoms with E-state index < -0.39 is 0 Å². The van der Waals surface area contributed by atoms with Crippen LogP contribution in [0.15, 0.2) is 30.6 Å². The standard InChI is InChI=1S/C12H12ClN3/c1-2-8-3-4-9(5-11(8)13)10-6-15-12(14)16-7-10/h3-7H,2H2,1H3,(H2,14,15,16). The first-order valence-electron chi connectivity index (χ1n) is 5.07. The SMILES string of the molecule is CCc1ccc(-c2cnc(N)nc2)cc1Cl. The predicted octanol–water partition coefficient (Wildman–Crippen LogP) is 2.94. The van der Waals surface area contributed by atoms with Crippen molar-refractivity contribution in [3.05, 3.63) is 41.2 Å². The summed E-state index contributed by atoms with van der Waals surface area (Å²) in [6.07, 6.45) is 4.32. The number of rotatable bonds is 2. The molecule has 0 aliphatic carbocycles. The number of anilines is 1. The van der Waals surface area contributed by atoms with Crippen LogP contribution in [0, 0.1) is 0 Å². The highest BCUT2D eigenvalue weighted by Crippen LogP contribution is 2.25. The van der Waals surface area contributed by atoms with Crippen molar-refractivity contribution in [1.29, 1.82) is 0 Å². The van der Waals surface area contributed by atoms with E-state index in [1.807, 2.05) is 18.2 Å². The minimum absolute atomic E-state index is 0.278. The number of aromatic nitrogens is 2. The van der Waals surface area contributed by atoms with E-state index in [4.69, 9.17) is 17.3 Å². The molecule has 0 unspecified atom stereocenters. The fraction of sp³-hybridized carbons (Fsp3) is 0.167. The summed E-state index contributed by atoms with van der Waals surface area (Å²) in [5.41, 5.74) is 8.49. The molecule has 82 valence electrons. The monoisotopic (exact) mass is 233 g/mol. The van der Waals surface area contributed by atoms with E-state index >= 15 is 0 Å². The van der Waals surface area contributed by atoms with Gasteiger partial charge in [0.05, 0.1) is 0 Å². The van der Waals surface area contributed by atoms with E-state index in [0.29, 0.717) is 0 Å². The van der Waals surface area contributed by atoms with E-state index in [0.717, 1.165) is 28.1 Å². The molecule has 0 radical (unpaired) electrons. The molecule has 0 saturated carbocycles. The van der Waals surface area contributed by atoms with Gasteiger partial charge in [-0.15, -0.1) is 0 Å². The summed E-state index contributed by atoms with van der Waals surface area (Å²) in [6.45, 7) is 2.08. The van der Waals surface area contributed by atoms with Crippen molar-refractivity contribution in [3.8, 4) is 11.1 Å². The molecule has 3 nitrogen and oxygen atoms in total. The Balaban J connectivity index is 2.41. The van der Waals surface area contributed by atoms with E-state index in [9.17, 15) is 0 Å². The molecule has 0 aliphatic heterocycles. The van der Waals surface area contributed by atoms with E-state index in [-0.39, 0.29) is 5.95 Å². The fourth-order valence-corrected chi connectivity index (χ4v) is 1.81. The Morgan fingerprint density at radius 2 is 1.88 bits per heavy atom. The first-order chi connectivity index (χ1) is 7.70. The molecule has 1 aromatic carbocycles. The molecule has 4 heteroatoms. The maximum Gasteiger partial charge on any atom is 0.219 e. The Morgan fingerprint density at radius 1 is 1.19 bits per heavy atom. The Labute approximate surface area is 99.3 Å². The number of aryl methyl sites for hydroxylation is 1. The molecule has 0 bridgehead atoms. The first kappa shape index (κ1) is 10.9. The van der Waals surface area contributed by atoms with E-state index in [1.54, 1.807) is 12.4 Å². The van der Waals surface area contributed by atoms with Gasteiger partial charge in [0, 0.05) is 23.0 Å². The largest absolute Gasteiger partial charge is 0.368 e. The molecular formula is C12H12ClN3. The molecule has 0 aliphatic rings. The molecule has 0 atom stereocenters. The van der Waals surface area contributed by atoms with Gasteiger partial charge in [0.2, 0.25) is 5.95 Å². The second-order valence-electron chi connectivity index (χ2n) is 3.49. The Kier molecular flexibility index (Phi) is 3.06. The first-order valence-corrected chi connectivity index (χ1v) is 5.45. The van der Waals surface area contributed by atoms with Crippen LogP contribution in [-0.4, -0.2) is 9.97 Å². The lowest BCUT2D eigenvalue weighted by atomic mass is 10.1. The van der Waals surface area contributed by atoms with Crippen LogP contribution in [-0.2, 0) is 6.42 Å². The number of halogens is 1. The summed E-state index contributed by atoms with van der Waals surface area (Å²) < 4.78 is 0. The zero-order valence-corrected chi connectivity index (χ0v) is 9.70. The molecule has 16 heavy (non-hydrogen) atoms. The average Bonchev–Trinajstić information content (AvgIpc) is 2.30. The van der Waals surface area contributed by atoms with Crippen LogP contribution in [0.2, 0.25) is 5.02 Å². The third kappa shape index (κ3) is 2.14. The molecule has 0 spiro atoms. The fourth-order valence-electron chi connectivity index (χ4n) is 1.50. The smallest absolute Gasteiger partial charge is 0.219 e. The van der Waals surface area contributed by atoms with Crippen LogP contribution in [0.25, 0.3) is 11.1 Å². The van der Waals surface area contributed by atoms with Gasteiger partial charge in [0.25, 0.3) is 0 Å². The highest BCUT2D eigenvalue weighted by Gasteiger charge is 2.03. The normalized spacial score (nSPS) is 10.4. The molecule has 2 rings (SSSR count). The summed E-state index contributed by atoms with van der Waals surface area (Å²) >= 11 is 6.15. The Hall–Kier alpha value is -1.61. The van der Waals surface area contributed by atoms with Crippen LogP contribution in [0.4, 0.5) is 5.95 Å². The lowest BCUT2D eigenvalue weighted by Crippen LogP contribution is -1.93. The second kappa shape index (κ2) is 4.49. The molecule has 0 saturated heterocycles. The van der Waals surface area contributed by atoms with E-state index in [1.165, 1.54) is 0 Å². The maximum atomic E-state index is 6.15. The van der Waals surface area contributed by atoms with Crippen molar-refractivity contribution in [1.82, 2.24) is 9.97 Å². The van der Waals surface area contributed by atoms with Crippen LogP contribution in [0.3, 0.4) is 0 Å². The van der Waals surface area contributed by atoms with Gasteiger partial charge in [-0.05, 0) is 23.6 Å². The molecule has 2 aromatic rings. The summed E-state index contributed by atoms with van der Waals surface area (Å²) in [4.78, 5) is 7.90. The van der Waals surface area contributed by atoms with Gasteiger partial charge in [0.1, 0.15) is 0 Å². The van der Waals surface area contributed by atoms with Crippen molar-refractivity contribution in [2.75, 3.05) is 5.73 Å². The minimum atomic E-state index is 0.278. The Morgan fingerprint density at radius 3 is 2.44 bits per heavy atom. The van der Waals surface area contributed by atoms with Gasteiger partial charge in [-0.2, -0.15) is 0 Å². The zero-order valence-electron chi connectivity index (χ0n) is 8.94. The maximum absolute atomic E-state index is 6.15. The van der Waals surface area contributed by atoms with Crippen molar-refractivity contribution in [2.24, 2.45) is 0 Å². The molecular weight excluding hydrogens is 222 g/mol. The number of nitrogen functional groups attached to an aromatic ring is 1. The third-order valence-corrected chi connectivity index (χ3v) is 2.79. The van der Waals surface area contributed by atoms with Gasteiger partial charge < -0.3 is 5.73 Å². The van der Waals surface area contributed by atoms with Gasteiger partial charge in [-0.1, -0.05) is 30.7 Å². The van der Waals surface area contributed by atoms with Crippen LogP contribution >= 0.6 is 11.6 Å². The second-order valence-corrected chi connectivity index (χ2v) is 3.90. The quantitative estimate of drug-likeness (QED) is 0.868. The molecule has 0 fully saturated rings. The lowest BCUT2D eigenvalue weighted by Gasteiger charge is -2.05. The topological polar surface area (TPSA) is 51.8 Å². The average molecular weight is 234 g/mol. The number of nitrogens with two attached hydrogens (primary N) is 1. The van der Waals surface area contributed by atoms with Gasteiger partial charge in [-0.25, -0.2) is 9.97 Å². The molecule has 2 N–H and O–H groups in total.